The van der Waals surface area contributed by atoms with Gasteiger partial charge in [0.25, 0.3) is 0 Å². The summed E-state index contributed by atoms with van der Waals surface area (Å²) < 4.78 is 2.16. The molecule has 0 saturated heterocycles. The maximum atomic E-state index is 11.6. The Hall–Kier alpha value is -1.29. The zero-order chi connectivity index (χ0) is 13.0. The van der Waals surface area contributed by atoms with E-state index in [-0.39, 0.29) is 5.91 Å². The maximum absolute atomic E-state index is 11.6. The third-order valence-electron chi connectivity index (χ3n) is 3.37. The zero-order valence-electron chi connectivity index (χ0n) is 11.5. The van der Waals surface area contributed by atoms with Gasteiger partial charge in [-0.3, -0.25) is 4.79 Å². The summed E-state index contributed by atoms with van der Waals surface area (Å²) >= 11 is 0. The highest BCUT2D eigenvalue weighted by molar-refractivity contribution is 5.77. The van der Waals surface area contributed by atoms with Crippen LogP contribution < -0.4 is 5.32 Å². The Kier molecular flexibility index (Phi) is 4.75. The van der Waals surface area contributed by atoms with Crippen molar-refractivity contribution in [3.63, 3.8) is 0 Å². The normalized spacial score (nSPS) is 10.6. The number of carbonyl (C=O) groups is 1. The number of amides is 1. The molecule has 1 aromatic rings. The number of rotatable bonds is 5. The predicted molar refractivity (Wildman–Crippen MR) is 69.9 cm³/mol. The van der Waals surface area contributed by atoms with Crippen LogP contribution in [0.5, 0.6) is 0 Å². The van der Waals surface area contributed by atoms with Crippen LogP contribution in [-0.4, -0.2) is 35.5 Å². The molecule has 17 heavy (non-hydrogen) atoms. The van der Waals surface area contributed by atoms with Gasteiger partial charge in [0.05, 0.1) is 6.54 Å². The first-order valence-corrected chi connectivity index (χ1v) is 6.03. The van der Waals surface area contributed by atoms with Gasteiger partial charge in [0.1, 0.15) is 0 Å². The van der Waals surface area contributed by atoms with Gasteiger partial charge >= 0.3 is 0 Å². The summed E-state index contributed by atoms with van der Waals surface area (Å²) in [6, 6.07) is 2.16. The lowest BCUT2D eigenvalue weighted by atomic mass is 10.2. The highest BCUT2D eigenvalue weighted by atomic mass is 16.2. The molecule has 0 aliphatic rings. The van der Waals surface area contributed by atoms with Crippen LogP contribution in [0.2, 0.25) is 0 Å². The maximum Gasteiger partial charge on any atom is 0.236 e. The van der Waals surface area contributed by atoms with Gasteiger partial charge in [0.2, 0.25) is 5.91 Å². The van der Waals surface area contributed by atoms with Gasteiger partial charge in [-0.1, -0.05) is 0 Å². The van der Waals surface area contributed by atoms with E-state index < -0.39 is 0 Å². The molecule has 0 radical (unpaired) electrons. The van der Waals surface area contributed by atoms with Crippen LogP contribution in [0.4, 0.5) is 0 Å². The fourth-order valence-electron chi connectivity index (χ4n) is 1.73. The second kappa shape index (κ2) is 5.87. The summed E-state index contributed by atoms with van der Waals surface area (Å²) in [6.45, 7) is 8.07. The van der Waals surface area contributed by atoms with Gasteiger partial charge in [-0.15, -0.1) is 0 Å². The third-order valence-corrected chi connectivity index (χ3v) is 3.37. The summed E-state index contributed by atoms with van der Waals surface area (Å²) in [7, 11) is 3.88. The van der Waals surface area contributed by atoms with Crippen LogP contribution in [0.25, 0.3) is 0 Å². The van der Waals surface area contributed by atoms with Crippen molar-refractivity contribution in [1.29, 1.82) is 0 Å². The monoisotopic (exact) mass is 237 g/mol. The smallest absolute Gasteiger partial charge is 0.236 e. The lowest BCUT2D eigenvalue weighted by molar-refractivity contribution is -0.128. The van der Waals surface area contributed by atoms with Crippen LogP contribution in [0.3, 0.4) is 0 Å². The minimum atomic E-state index is 0.137. The second-order valence-electron chi connectivity index (χ2n) is 4.47. The van der Waals surface area contributed by atoms with Crippen molar-refractivity contribution in [2.45, 2.75) is 27.3 Å². The molecule has 4 heteroatoms. The predicted octanol–water partition coefficient (Wildman–Crippen LogP) is 1.21. The van der Waals surface area contributed by atoms with Gasteiger partial charge < -0.3 is 14.8 Å². The number of nitrogens with one attached hydrogen (secondary N) is 1. The Morgan fingerprint density at radius 1 is 1.47 bits per heavy atom. The number of hydrogen-bond donors (Lipinski definition) is 1. The van der Waals surface area contributed by atoms with Crippen LogP contribution in [-0.2, 0) is 18.4 Å². The molecule has 4 nitrogen and oxygen atoms in total. The van der Waals surface area contributed by atoms with Crippen molar-refractivity contribution in [2.24, 2.45) is 7.05 Å². The van der Waals surface area contributed by atoms with E-state index in [2.05, 4.69) is 36.8 Å². The Morgan fingerprint density at radius 3 is 2.59 bits per heavy atom. The highest BCUT2D eigenvalue weighted by Gasteiger charge is 2.08. The van der Waals surface area contributed by atoms with E-state index in [9.17, 15) is 4.79 Å². The summed E-state index contributed by atoms with van der Waals surface area (Å²) in [5, 5.41) is 3.19. The number of nitrogens with zero attached hydrogens (tertiary/aromatic N) is 2. The van der Waals surface area contributed by atoms with Crippen LogP contribution in [0.15, 0.2) is 6.07 Å². The molecule has 0 fully saturated rings. The summed E-state index contributed by atoms with van der Waals surface area (Å²) in [5.41, 5.74) is 3.76. The molecule has 0 aromatic carbocycles. The standard InChI is InChI=1S/C13H23N3O/c1-6-15(4)13(17)9-14-8-12-7-10(2)16(5)11(12)3/h7,14H,6,8-9H2,1-5H3. The molecule has 1 rings (SSSR count). The number of hydrogen-bond acceptors (Lipinski definition) is 2. The molecule has 0 atom stereocenters. The van der Waals surface area contributed by atoms with Crippen molar-refractivity contribution in [3.05, 3.63) is 23.0 Å². The molecule has 0 saturated carbocycles. The fraction of sp³-hybridized carbons (Fsp3) is 0.615. The summed E-state index contributed by atoms with van der Waals surface area (Å²) in [4.78, 5) is 13.3. The summed E-state index contributed by atoms with van der Waals surface area (Å²) in [5.74, 6) is 0.137. The molecule has 0 aliphatic heterocycles. The number of likely N-dealkylation sites (N-methyl/N-ethyl adjacent to an activating group) is 1. The van der Waals surface area contributed by atoms with E-state index >= 15 is 0 Å². The van der Waals surface area contributed by atoms with Crippen LogP contribution in [0.1, 0.15) is 23.9 Å². The summed E-state index contributed by atoms with van der Waals surface area (Å²) in [6.07, 6.45) is 0. The zero-order valence-corrected chi connectivity index (χ0v) is 11.5. The molecule has 96 valence electrons. The lowest BCUT2D eigenvalue weighted by Gasteiger charge is -2.14. The van der Waals surface area contributed by atoms with Crippen molar-refractivity contribution >= 4 is 5.91 Å². The van der Waals surface area contributed by atoms with Gasteiger partial charge in [-0.25, -0.2) is 0 Å². The van der Waals surface area contributed by atoms with E-state index in [1.165, 1.54) is 17.0 Å². The largest absolute Gasteiger partial charge is 0.352 e. The van der Waals surface area contributed by atoms with Gasteiger partial charge in [0.15, 0.2) is 0 Å². The van der Waals surface area contributed by atoms with Crippen molar-refractivity contribution in [3.8, 4) is 0 Å². The average molecular weight is 237 g/mol. The Morgan fingerprint density at radius 2 is 2.12 bits per heavy atom. The average Bonchev–Trinajstić information content (AvgIpc) is 2.56. The van der Waals surface area contributed by atoms with Crippen LogP contribution >= 0.6 is 0 Å². The first-order valence-electron chi connectivity index (χ1n) is 6.03. The Balaban J connectivity index is 2.46. The van der Waals surface area contributed by atoms with Gasteiger partial charge in [-0.2, -0.15) is 0 Å². The van der Waals surface area contributed by atoms with E-state index in [0.717, 1.165) is 13.1 Å². The molecule has 0 unspecified atom stereocenters. The van der Waals surface area contributed by atoms with E-state index in [1.54, 1.807) is 4.90 Å². The minimum Gasteiger partial charge on any atom is -0.352 e. The Bertz CT molecular complexity index is 396. The van der Waals surface area contributed by atoms with Gasteiger partial charge in [-0.05, 0) is 32.4 Å². The van der Waals surface area contributed by atoms with Gasteiger partial charge in [0, 0.05) is 38.6 Å². The fourth-order valence-corrected chi connectivity index (χ4v) is 1.73. The Labute approximate surface area is 104 Å². The first-order chi connectivity index (χ1) is 7.97. The topological polar surface area (TPSA) is 37.3 Å². The third kappa shape index (κ3) is 3.33. The molecule has 1 heterocycles. The lowest BCUT2D eigenvalue weighted by Crippen LogP contribution is -2.35. The van der Waals surface area contributed by atoms with Crippen molar-refractivity contribution < 1.29 is 4.79 Å². The number of aromatic nitrogens is 1. The SMILES string of the molecule is CCN(C)C(=O)CNCc1cc(C)n(C)c1C. The first kappa shape index (κ1) is 13.8. The molecule has 1 amide bonds. The molecule has 0 bridgehead atoms. The van der Waals surface area contributed by atoms with E-state index in [1.807, 2.05) is 14.0 Å². The molecular formula is C13H23N3O. The highest BCUT2D eigenvalue weighted by Crippen LogP contribution is 2.12. The number of carbonyl (C=O) groups excluding carboxylic acids is 1. The van der Waals surface area contributed by atoms with E-state index in [0.29, 0.717) is 6.54 Å². The minimum absolute atomic E-state index is 0.137. The van der Waals surface area contributed by atoms with Crippen LogP contribution in [0, 0.1) is 13.8 Å². The quantitative estimate of drug-likeness (QED) is 0.836. The molecule has 1 N–H and O–H groups in total. The molecule has 1 aromatic heterocycles. The molecular weight excluding hydrogens is 214 g/mol. The molecule has 0 spiro atoms. The molecule has 0 aliphatic carbocycles. The number of aryl methyl sites for hydroxylation is 1. The van der Waals surface area contributed by atoms with Crippen molar-refractivity contribution in [1.82, 2.24) is 14.8 Å². The van der Waals surface area contributed by atoms with E-state index in [4.69, 9.17) is 0 Å². The second-order valence-corrected chi connectivity index (χ2v) is 4.47. The van der Waals surface area contributed by atoms with Crippen molar-refractivity contribution in [2.75, 3.05) is 20.1 Å².